The van der Waals surface area contributed by atoms with E-state index in [1.54, 1.807) is 0 Å². The zero-order chi connectivity index (χ0) is 35.7. The first-order chi connectivity index (χ1) is 25.3. The summed E-state index contributed by atoms with van der Waals surface area (Å²) < 4.78 is 4.60. The molecule has 10 aromatic rings. The molecule has 0 bridgehead atoms. The Balaban J connectivity index is 0.00000116. The second kappa shape index (κ2) is 13.0. The van der Waals surface area contributed by atoms with E-state index in [-0.39, 0.29) is 0 Å². The molecule has 0 atom stereocenters. The van der Waals surface area contributed by atoms with E-state index in [9.17, 15) is 0 Å². The molecular formula is C46H36Cl2N2SiZr. The van der Waals surface area contributed by atoms with Gasteiger partial charge in [0.25, 0.3) is 0 Å². The maximum atomic E-state index is 4.93. The quantitative estimate of drug-likeness (QED) is 0.124. The molecule has 6 heteroatoms. The molecule has 2 nitrogen and oxygen atoms in total. The predicted molar refractivity (Wildman–Crippen MR) is 226 cm³/mol. The summed E-state index contributed by atoms with van der Waals surface area (Å²) in [5, 5.41) is 13.7. The Bertz CT molecular complexity index is 2780. The van der Waals surface area contributed by atoms with E-state index in [0.29, 0.717) is 0 Å². The van der Waals surface area contributed by atoms with Crippen LogP contribution in [0, 0.1) is 0 Å². The summed E-state index contributed by atoms with van der Waals surface area (Å²) in [7, 11) is 12.2. The minimum absolute atomic E-state index is 0.826. The molecule has 0 amide bonds. The molecule has 10 rings (SSSR count). The Labute approximate surface area is 323 Å². The number of aryl methyl sites for hydroxylation is 2. The summed E-state index contributed by atoms with van der Waals surface area (Å²) in [5.74, 6) is 0. The molecule has 2 aromatic heterocycles. The van der Waals surface area contributed by atoms with Gasteiger partial charge in [-0.2, -0.15) is 24.3 Å². The van der Waals surface area contributed by atoms with Crippen LogP contribution in [0.3, 0.4) is 0 Å². The third-order valence-electron chi connectivity index (χ3n) is 11.4. The third kappa shape index (κ3) is 5.30. The number of benzene rings is 6. The first-order valence-corrected chi connectivity index (χ1v) is 26.9. The molecule has 8 aromatic carbocycles. The molecule has 0 saturated carbocycles. The number of rotatable bonds is 4. The topological polar surface area (TPSA) is 9.86 Å². The number of hydrogen-bond donors (Lipinski definition) is 0. The van der Waals surface area contributed by atoms with Crippen LogP contribution in [0.1, 0.15) is 0 Å². The van der Waals surface area contributed by atoms with Gasteiger partial charge in [-0.3, -0.25) is 0 Å². The fraction of sp³-hybridized carbons (Fsp3) is 0.0870. The fourth-order valence-corrected chi connectivity index (χ4v) is 11.8. The van der Waals surface area contributed by atoms with E-state index >= 15 is 0 Å². The Hall–Kier alpha value is -4.18. The van der Waals surface area contributed by atoms with Crippen molar-refractivity contribution < 1.29 is 20.8 Å². The first kappa shape index (κ1) is 33.6. The van der Waals surface area contributed by atoms with Gasteiger partial charge in [-0.15, -0.1) is 44.1 Å². The van der Waals surface area contributed by atoms with Crippen molar-refractivity contribution in [1.29, 1.82) is 0 Å². The van der Waals surface area contributed by atoms with Crippen LogP contribution >= 0.6 is 17.0 Å². The van der Waals surface area contributed by atoms with Crippen LogP contribution < -0.4 is 10.4 Å². The van der Waals surface area contributed by atoms with Crippen LogP contribution in [0.15, 0.2) is 146 Å². The third-order valence-corrected chi connectivity index (χ3v) is 14.9. The standard InChI is InChI=1S/C46H36N2Si.2ClH.Zr/c1-47-41-11-7-5-9-37(41)39-27-31(15-21-43(39)47)29-13-19-35-33(25-29)17-23-45(35)49(3,4)46-24-18-34-26-30(14-20-36(34)46)32-16-22-44-40(28-32)38-10-6-8-12-42(38)48(44)2;;;/h5-28H,1-4H3;2*1H;/q-2;;;+4/p-2. The van der Waals surface area contributed by atoms with Crippen LogP contribution in [-0.2, 0) is 34.9 Å². The summed E-state index contributed by atoms with van der Waals surface area (Å²) in [6, 6.07) is 54.9. The fourth-order valence-electron chi connectivity index (χ4n) is 8.71. The van der Waals surface area contributed by atoms with Gasteiger partial charge in [0.05, 0.1) is 0 Å². The molecule has 2 heterocycles. The van der Waals surface area contributed by atoms with E-state index in [0.717, 1.165) is 0 Å². The molecule has 0 aliphatic heterocycles. The van der Waals surface area contributed by atoms with Gasteiger partial charge in [0.15, 0.2) is 0 Å². The molecule has 0 unspecified atom stereocenters. The van der Waals surface area contributed by atoms with E-state index in [2.05, 4.69) is 182 Å². The molecule has 0 aliphatic carbocycles. The number of halogens is 2. The van der Waals surface area contributed by atoms with Gasteiger partial charge < -0.3 is 9.13 Å². The molecular weight excluding hydrogens is 771 g/mol. The number of nitrogens with zero attached hydrogens (tertiary/aromatic N) is 2. The van der Waals surface area contributed by atoms with Crippen LogP contribution in [0.2, 0.25) is 13.1 Å². The summed E-state index contributed by atoms with van der Waals surface area (Å²) in [6.45, 7) is 5.03. The molecule has 0 saturated heterocycles. The van der Waals surface area contributed by atoms with Gasteiger partial charge in [0, 0.05) is 65.8 Å². The van der Waals surface area contributed by atoms with Gasteiger partial charge >= 0.3 is 37.9 Å². The summed E-state index contributed by atoms with van der Waals surface area (Å²) in [6.07, 6.45) is 0. The maximum absolute atomic E-state index is 4.93. The summed E-state index contributed by atoms with van der Waals surface area (Å²) >= 11 is -0.826. The number of aromatic nitrogens is 2. The van der Waals surface area contributed by atoms with Crippen LogP contribution in [0.5, 0.6) is 0 Å². The SMILES string of the molecule is Cn1c2ccccc2c2cc(-c3ccc4c(cc[c-]4[Si](C)(C)[c-]4ccc5cc(-c6ccc7c(c6)c6ccccc6n7C)ccc54)c3)ccc21.[Cl][Zr+2][Cl]. The van der Waals surface area contributed by atoms with Crippen LogP contribution in [-0.4, -0.2) is 17.2 Å². The second-order valence-corrected chi connectivity index (χ2v) is 22.5. The van der Waals surface area contributed by atoms with Crippen molar-refractivity contribution in [2.45, 2.75) is 13.1 Å². The van der Waals surface area contributed by atoms with Crippen molar-refractivity contribution in [3.8, 4) is 22.3 Å². The van der Waals surface area contributed by atoms with E-state index in [4.69, 9.17) is 17.0 Å². The second-order valence-electron chi connectivity index (χ2n) is 14.4. The molecule has 252 valence electrons. The molecule has 0 spiro atoms. The Morgan fingerprint density at radius 1 is 0.462 bits per heavy atom. The molecule has 0 N–H and O–H groups in total. The van der Waals surface area contributed by atoms with E-state index in [1.807, 2.05) is 0 Å². The monoisotopic (exact) mass is 804 g/mol. The number of hydrogen-bond acceptors (Lipinski definition) is 0. The first-order valence-electron chi connectivity index (χ1n) is 17.6. The van der Waals surface area contributed by atoms with Gasteiger partial charge in [-0.1, -0.05) is 85.9 Å². The van der Waals surface area contributed by atoms with Crippen molar-refractivity contribution in [3.63, 3.8) is 0 Å². The molecule has 0 fully saturated rings. The zero-order valence-electron chi connectivity index (χ0n) is 29.5. The van der Waals surface area contributed by atoms with E-state index < -0.39 is 28.9 Å². The Morgan fingerprint density at radius 2 is 0.827 bits per heavy atom. The summed E-state index contributed by atoms with van der Waals surface area (Å²) in [4.78, 5) is 0. The molecule has 52 heavy (non-hydrogen) atoms. The Kier molecular flexibility index (Phi) is 8.44. The van der Waals surface area contributed by atoms with Crippen molar-refractivity contribution >= 4 is 101 Å². The average molecular weight is 807 g/mol. The van der Waals surface area contributed by atoms with E-state index in [1.165, 1.54) is 97.8 Å². The van der Waals surface area contributed by atoms with Gasteiger partial charge in [0.2, 0.25) is 0 Å². The van der Waals surface area contributed by atoms with Crippen LogP contribution in [0.4, 0.5) is 0 Å². The Morgan fingerprint density at radius 3 is 1.27 bits per heavy atom. The van der Waals surface area contributed by atoms with Crippen molar-refractivity contribution in [2.24, 2.45) is 14.1 Å². The normalized spacial score (nSPS) is 12.0. The van der Waals surface area contributed by atoms with Crippen molar-refractivity contribution in [3.05, 3.63) is 146 Å². The van der Waals surface area contributed by atoms with Gasteiger partial charge in [-0.05, 0) is 58.7 Å². The molecule has 0 radical (unpaired) electrons. The predicted octanol–water partition coefficient (Wildman–Crippen LogP) is 12.3. The minimum atomic E-state index is -2.01. The zero-order valence-corrected chi connectivity index (χ0v) is 34.5. The van der Waals surface area contributed by atoms with Crippen LogP contribution in [0.25, 0.3) is 87.4 Å². The number of fused-ring (bicyclic) bond motifs is 8. The molecule has 0 aliphatic rings. The average Bonchev–Trinajstić information content (AvgIpc) is 3.94. The summed E-state index contributed by atoms with van der Waals surface area (Å²) in [5.41, 5.74) is 10.2. The van der Waals surface area contributed by atoms with Gasteiger partial charge in [-0.25, -0.2) is 0 Å². The van der Waals surface area contributed by atoms with Crippen molar-refractivity contribution in [1.82, 2.24) is 9.13 Å². The van der Waals surface area contributed by atoms with Crippen molar-refractivity contribution in [2.75, 3.05) is 0 Å². The van der Waals surface area contributed by atoms with Gasteiger partial charge in [0.1, 0.15) is 0 Å². The number of para-hydroxylation sites is 2.